The van der Waals surface area contributed by atoms with Crippen LogP contribution in [0.15, 0.2) is 78.9 Å². The van der Waals surface area contributed by atoms with Crippen LogP contribution >= 0.6 is 0 Å². The van der Waals surface area contributed by atoms with E-state index in [1.165, 1.54) is 0 Å². The summed E-state index contributed by atoms with van der Waals surface area (Å²) < 4.78 is 6.22. The van der Waals surface area contributed by atoms with Crippen LogP contribution in [0.25, 0.3) is 0 Å². The number of ether oxygens (including phenoxy) is 1. The van der Waals surface area contributed by atoms with Gasteiger partial charge in [-0.25, -0.2) is 0 Å². The first-order chi connectivity index (χ1) is 15.3. The molecule has 5 heteroatoms. The second-order valence-electron chi connectivity index (χ2n) is 7.79. The first-order valence-electron chi connectivity index (χ1n) is 10.3. The number of hydrogen-bond acceptors (Lipinski definition) is 5. The molecule has 32 heavy (non-hydrogen) atoms. The van der Waals surface area contributed by atoms with E-state index in [9.17, 15) is 15.3 Å². The number of aromatic hydroxyl groups is 3. The lowest BCUT2D eigenvalue weighted by molar-refractivity contribution is 0.448. The highest BCUT2D eigenvalue weighted by Gasteiger charge is 2.23. The van der Waals surface area contributed by atoms with E-state index >= 15 is 0 Å². The Bertz CT molecular complexity index is 1230. The van der Waals surface area contributed by atoms with Gasteiger partial charge in [0.2, 0.25) is 0 Å². The van der Waals surface area contributed by atoms with E-state index < -0.39 is 0 Å². The molecule has 4 aromatic rings. The zero-order valence-corrected chi connectivity index (χ0v) is 18.2. The number of phenolic OH excluding ortho intramolecular Hbond substituents is 3. The summed E-state index contributed by atoms with van der Waals surface area (Å²) in [5.74, 6) is 1.30. The van der Waals surface area contributed by atoms with Crippen LogP contribution in [0, 0.1) is 20.8 Å². The molecule has 0 bridgehead atoms. The van der Waals surface area contributed by atoms with Gasteiger partial charge in [0.05, 0.1) is 17.1 Å². The Morgan fingerprint density at radius 1 is 0.562 bits per heavy atom. The van der Waals surface area contributed by atoms with E-state index in [0.29, 0.717) is 34.1 Å². The molecule has 0 aliphatic rings. The van der Waals surface area contributed by atoms with Crippen LogP contribution in [0.5, 0.6) is 28.7 Å². The Hall–Kier alpha value is -4.12. The maximum absolute atomic E-state index is 10.8. The normalized spacial score (nSPS) is 10.7. The zero-order chi connectivity index (χ0) is 22.8. The van der Waals surface area contributed by atoms with Crippen LogP contribution in [-0.4, -0.2) is 15.3 Å². The van der Waals surface area contributed by atoms with Crippen molar-refractivity contribution in [2.75, 3.05) is 4.90 Å². The number of para-hydroxylation sites is 2. The van der Waals surface area contributed by atoms with Crippen LogP contribution in [0.3, 0.4) is 0 Å². The molecule has 0 atom stereocenters. The van der Waals surface area contributed by atoms with Crippen molar-refractivity contribution in [2.24, 2.45) is 0 Å². The van der Waals surface area contributed by atoms with Crippen LogP contribution < -0.4 is 9.64 Å². The number of rotatable bonds is 5. The Kier molecular flexibility index (Phi) is 5.65. The van der Waals surface area contributed by atoms with Gasteiger partial charge in [0, 0.05) is 5.56 Å². The molecular formula is C27H25NO4. The van der Waals surface area contributed by atoms with Crippen molar-refractivity contribution in [3.8, 4) is 28.7 Å². The number of anilines is 3. The monoisotopic (exact) mass is 427 g/mol. The molecule has 0 unspecified atom stereocenters. The summed E-state index contributed by atoms with van der Waals surface area (Å²) in [5, 5.41) is 31.6. The smallest absolute Gasteiger partial charge is 0.151 e. The van der Waals surface area contributed by atoms with Gasteiger partial charge in [-0.3, -0.25) is 4.90 Å². The van der Waals surface area contributed by atoms with Gasteiger partial charge in [-0.15, -0.1) is 0 Å². The summed E-state index contributed by atoms with van der Waals surface area (Å²) in [6, 6.07) is 23.1. The van der Waals surface area contributed by atoms with Crippen molar-refractivity contribution >= 4 is 17.1 Å². The largest absolute Gasteiger partial charge is 0.508 e. The minimum atomic E-state index is 0.0693. The van der Waals surface area contributed by atoms with Crippen molar-refractivity contribution in [1.29, 1.82) is 0 Å². The second-order valence-corrected chi connectivity index (χ2v) is 7.79. The number of benzene rings is 4. The number of hydrogen-bond donors (Lipinski definition) is 3. The first kappa shape index (κ1) is 21.1. The maximum Gasteiger partial charge on any atom is 0.151 e. The summed E-state index contributed by atoms with van der Waals surface area (Å²) in [7, 11) is 0. The van der Waals surface area contributed by atoms with Crippen LogP contribution in [0.1, 0.15) is 16.7 Å². The van der Waals surface area contributed by atoms with Crippen LogP contribution in [-0.2, 0) is 0 Å². The van der Waals surface area contributed by atoms with Crippen molar-refractivity contribution < 1.29 is 20.1 Å². The third-order valence-electron chi connectivity index (χ3n) is 5.33. The molecule has 0 amide bonds. The van der Waals surface area contributed by atoms with Crippen LogP contribution in [0.2, 0.25) is 0 Å². The minimum Gasteiger partial charge on any atom is -0.508 e. The molecule has 0 saturated carbocycles. The number of aryl methyl sites for hydroxylation is 2. The van der Waals surface area contributed by atoms with Gasteiger partial charge in [-0.1, -0.05) is 30.3 Å². The van der Waals surface area contributed by atoms with E-state index in [0.717, 1.165) is 11.1 Å². The summed E-state index contributed by atoms with van der Waals surface area (Å²) in [6.45, 7) is 5.66. The van der Waals surface area contributed by atoms with E-state index in [1.54, 1.807) is 42.2 Å². The Labute approximate surface area is 187 Å². The molecule has 4 aromatic carbocycles. The Morgan fingerprint density at radius 2 is 1.12 bits per heavy atom. The highest BCUT2D eigenvalue weighted by molar-refractivity contribution is 5.86. The van der Waals surface area contributed by atoms with Gasteiger partial charge in [0.25, 0.3) is 0 Å². The average molecular weight is 428 g/mol. The quantitative estimate of drug-likeness (QED) is 0.320. The molecule has 162 valence electrons. The fourth-order valence-electron chi connectivity index (χ4n) is 3.57. The van der Waals surface area contributed by atoms with Gasteiger partial charge in [-0.05, 0) is 80.4 Å². The maximum atomic E-state index is 10.8. The fraction of sp³-hybridized carbons (Fsp3) is 0.111. The third-order valence-corrected chi connectivity index (χ3v) is 5.33. The standard InChI is InChI=1S/C27H25NO4/c1-17-11-13-24(30)21(15-17)28(22-16-18(2)12-14-25(22)31)20-7-4-5-9-27(20)32-26-10-6-8-23(29)19(26)3/h4-16,29-31H,1-3H3. The topological polar surface area (TPSA) is 73.2 Å². The molecule has 0 fully saturated rings. The lowest BCUT2D eigenvalue weighted by Crippen LogP contribution is -2.12. The lowest BCUT2D eigenvalue weighted by atomic mass is 10.1. The molecule has 4 rings (SSSR count). The SMILES string of the molecule is Cc1ccc(O)c(N(c2cc(C)ccc2O)c2ccccc2Oc2cccc(O)c2C)c1. The third kappa shape index (κ3) is 4.05. The highest BCUT2D eigenvalue weighted by Crippen LogP contribution is 2.48. The highest BCUT2D eigenvalue weighted by atomic mass is 16.5. The summed E-state index contributed by atoms with van der Waals surface area (Å²) in [6.07, 6.45) is 0. The lowest BCUT2D eigenvalue weighted by Gasteiger charge is -2.29. The molecule has 0 spiro atoms. The summed E-state index contributed by atoms with van der Waals surface area (Å²) >= 11 is 0. The molecule has 0 heterocycles. The van der Waals surface area contributed by atoms with E-state index in [-0.39, 0.29) is 17.2 Å². The fourth-order valence-corrected chi connectivity index (χ4v) is 3.57. The Morgan fingerprint density at radius 3 is 1.75 bits per heavy atom. The van der Waals surface area contributed by atoms with Gasteiger partial charge in [0.1, 0.15) is 23.0 Å². The summed E-state index contributed by atoms with van der Waals surface area (Å²) in [4.78, 5) is 1.78. The molecule has 0 aliphatic heterocycles. The van der Waals surface area contributed by atoms with Crippen molar-refractivity contribution in [3.05, 3.63) is 95.6 Å². The Balaban J connectivity index is 1.94. The second kappa shape index (κ2) is 8.55. The molecule has 0 aliphatic carbocycles. The molecular weight excluding hydrogens is 402 g/mol. The van der Waals surface area contributed by atoms with Gasteiger partial charge < -0.3 is 20.1 Å². The van der Waals surface area contributed by atoms with E-state index in [2.05, 4.69) is 0 Å². The van der Waals surface area contributed by atoms with Gasteiger partial charge >= 0.3 is 0 Å². The predicted octanol–water partition coefficient (Wildman–Crippen LogP) is 6.99. The van der Waals surface area contributed by atoms with E-state index in [4.69, 9.17) is 4.74 Å². The molecule has 0 radical (unpaired) electrons. The average Bonchev–Trinajstić information content (AvgIpc) is 2.77. The van der Waals surface area contributed by atoms with Crippen LogP contribution in [0.4, 0.5) is 17.1 Å². The van der Waals surface area contributed by atoms with Crippen molar-refractivity contribution in [1.82, 2.24) is 0 Å². The van der Waals surface area contributed by atoms with Gasteiger partial charge in [-0.2, -0.15) is 0 Å². The van der Waals surface area contributed by atoms with E-state index in [1.807, 2.05) is 62.4 Å². The molecule has 0 aromatic heterocycles. The summed E-state index contributed by atoms with van der Waals surface area (Å²) in [5.41, 5.74) is 4.17. The number of phenols is 3. The van der Waals surface area contributed by atoms with Crippen molar-refractivity contribution in [3.63, 3.8) is 0 Å². The van der Waals surface area contributed by atoms with Crippen molar-refractivity contribution in [2.45, 2.75) is 20.8 Å². The first-order valence-corrected chi connectivity index (χ1v) is 10.3. The molecule has 0 saturated heterocycles. The zero-order valence-electron chi connectivity index (χ0n) is 18.2. The molecule has 5 nitrogen and oxygen atoms in total. The predicted molar refractivity (Wildman–Crippen MR) is 127 cm³/mol. The van der Waals surface area contributed by atoms with Gasteiger partial charge in [0.15, 0.2) is 5.75 Å². The molecule has 3 N–H and O–H groups in total. The minimum absolute atomic E-state index is 0.0693. The number of nitrogens with zero attached hydrogens (tertiary/aromatic N) is 1.